The lowest BCUT2D eigenvalue weighted by atomic mass is 10.1. The van der Waals surface area contributed by atoms with Crippen molar-refractivity contribution in [3.63, 3.8) is 0 Å². The summed E-state index contributed by atoms with van der Waals surface area (Å²) in [5, 5.41) is 24.9. The van der Waals surface area contributed by atoms with E-state index in [0.29, 0.717) is 17.5 Å². The van der Waals surface area contributed by atoms with Gasteiger partial charge in [-0.05, 0) is 12.1 Å². The van der Waals surface area contributed by atoms with E-state index in [-0.39, 0.29) is 6.54 Å². The Morgan fingerprint density at radius 1 is 1.18 bits per heavy atom. The van der Waals surface area contributed by atoms with Gasteiger partial charge in [-0.3, -0.25) is 4.79 Å². The number of aliphatic carboxylic acids is 1. The summed E-state index contributed by atoms with van der Waals surface area (Å²) in [6.07, 6.45) is 0. The van der Waals surface area contributed by atoms with Gasteiger partial charge in [-0.15, -0.1) is 10.2 Å². The molecule has 0 bridgehead atoms. The smallest absolute Gasteiger partial charge is 0.325 e. The summed E-state index contributed by atoms with van der Waals surface area (Å²) in [5.74, 6) is 0.596. The van der Waals surface area contributed by atoms with Crippen LogP contribution in [0.3, 0.4) is 0 Å². The van der Waals surface area contributed by atoms with Gasteiger partial charge in [0.2, 0.25) is 5.82 Å². The molecule has 9 nitrogen and oxygen atoms in total. The molecule has 1 N–H and O–H groups in total. The average Bonchev–Trinajstić information content (AvgIpc) is 3.05. The van der Waals surface area contributed by atoms with Crippen LogP contribution in [-0.4, -0.2) is 46.0 Å². The number of aromatic nitrogens is 7. The molecule has 0 saturated carbocycles. The second-order valence-corrected chi connectivity index (χ2v) is 4.71. The van der Waals surface area contributed by atoms with E-state index in [1.165, 1.54) is 9.48 Å². The third-order valence-electron chi connectivity index (χ3n) is 2.97. The normalized spacial score (nSPS) is 10.8. The first-order chi connectivity index (χ1) is 10.5. The van der Waals surface area contributed by atoms with E-state index in [1.807, 2.05) is 24.3 Å². The van der Waals surface area contributed by atoms with E-state index in [1.54, 1.807) is 14.0 Å². The maximum absolute atomic E-state index is 10.9. The number of benzene rings is 1. The fourth-order valence-corrected chi connectivity index (χ4v) is 2.08. The van der Waals surface area contributed by atoms with Crippen LogP contribution in [0.2, 0.25) is 0 Å². The van der Waals surface area contributed by atoms with Crippen molar-refractivity contribution < 1.29 is 9.90 Å². The zero-order valence-electron chi connectivity index (χ0n) is 12.0. The van der Waals surface area contributed by atoms with Gasteiger partial charge in [0, 0.05) is 11.1 Å². The minimum atomic E-state index is -0.966. The molecule has 2 heterocycles. The lowest BCUT2D eigenvalue weighted by Crippen LogP contribution is -2.11. The van der Waals surface area contributed by atoms with Crippen LogP contribution in [0.15, 0.2) is 24.3 Å². The molecular formula is C13H13N7O2. The molecule has 0 saturated heterocycles. The largest absolute Gasteiger partial charge is 0.480 e. The molecule has 0 atom stereocenters. The molecule has 1 aromatic carbocycles. The van der Waals surface area contributed by atoms with Crippen molar-refractivity contribution in [2.24, 2.45) is 7.05 Å². The third kappa shape index (κ3) is 2.68. The SMILES string of the molecule is Cc1nc(-c2ccc(-c3nnn(C)n3)cc2)n(CC(=O)O)n1. The fraction of sp³-hybridized carbons (Fsp3) is 0.231. The van der Waals surface area contributed by atoms with Crippen LogP contribution in [0.25, 0.3) is 22.8 Å². The number of aryl methyl sites for hydroxylation is 2. The van der Waals surface area contributed by atoms with Gasteiger partial charge in [-0.25, -0.2) is 9.67 Å². The molecule has 3 aromatic rings. The molecule has 2 aromatic heterocycles. The van der Waals surface area contributed by atoms with Crippen LogP contribution >= 0.6 is 0 Å². The topological polar surface area (TPSA) is 112 Å². The predicted octanol–water partition coefficient (Wildman–Crippen LogP) is 0.529. The average molecular weight is 299 g/mol. The summed E-state index contributed by atoms with van der Waals surface area (Å²) in [7, 11) is 1.70. The highest BCUT2D eigenvalue weighted by molar-refractivity contribution is 5.68. The maximum Gasteiger partial charge on any atom is 0.325 e. The Hall–Kier alpha value is -3.10. The zero-order valence-corrected chi connectivity index (χ0v) is 12.0. The quantitative estimate of drug-likeness (QED) is 0.747. The van der Waals surface area contributed by atoms with E-state index in [4.69, 9.17) is 5.11 Å². The Labute approximate surface area is 125 Å². The van der Waals surface area contributed by atoms with E-state index >= 15 is 0 Å². The summed E-state index contributed by atoms with van der Waals surface area (Å²) < 4.78 is 1.37. The Bertz CT molecular complexity index is 819. The van der Waals surface area contributed by atoms with Gasteiger partial charge in [-0.1, -0.05) is 24.3 Å². The second-order valence-electron chi connectivity index (χ2n) is 4.71. The zero-order chi connectivity index (χ0) is 15.7. The van der Waals surface area contributed by atoms with Gasteiger partial charge >= 0.3 is 5.97 Å². The summed E-state index contributed by atoms with van der Waals surface area (Å²) in [5.41, 5.74) is 1.59. The molecule has 22 heavy (non-hydrogen) atoms. The Morgan fingerprint density at radius 2 is 1.86 bits per heavy atom. The number of carbonyl (C=O) groups is 1. The van der Waals surface area contributed by atoms with Crippen molar-refractivity contribution in [2.45, 2.75) is 13.5 Å². The van der Waals surface area contributed by atoms with E-state index in [9.17, 15) is 4.79 Å². The molecule has 0 radical (unpaired) electrons. The number of rotatable bonds is 4. The highest BCUT2D eigenvalue weighted by Gasteiger charge is 2.13. The predicted molar refractivity (Wildman–Crippen MR) is 75.6 cm³/mol. The van der Waals surface area contributed by atoms with Crippen molar-refractivity contribution in [3.8, 4) is 22.8 Å². The maximum atomic E-state index is 10.9. The van der Waals surface area contributed by atoms with Crippen molar-refractivity contribution >= 4 is 5.97 Å². The van der Waals surface area contributed by atoms with Gasteiger partial charge in [-0.2, -0.15) is 9.90 Å². The first kappa shape index (κ1) is 13.9. The lowest BCUT2D eigenvalue weighted by Gasteiger charge is -2.03. The number of hydrogen-bond acceptors (Lipinski definition) is 6. The molecule has 0 aliphatic heterocycles. The van der Waals surface area contributed by atoms with Crippen molar-refractivity contribution in [3.05, 3.63) is 30.1 Å². The number of carboxylic acid groups (broad SMARTS) is 1. The minimum absolute atomic E-state index is 0.232. The molecule has 112 valence electrons. The monoisotopic (exact) mass is 299 g/mol. The highest BCUT2D eigenvalue weighted by Crippen LogP contribution is 2.21. The summed E-state index contributed by atoms with van der Waals surface area (Å²) in [6.45, 7) is 1.49. The molecule has 0 fully saturated rings. The van der Waals surface area contributed by atoms with Gasteiger partial charge in [0.1, 0.15) is 12.4 Å². The van der Waals surface area contributed by atoms with Crippen LogP contribution in [0.5, 0.6) is 0 Å². The van der Waals surface area contributed by atoms with Crippen LogP contribution in [0, 0.1) is 6.92 Å². The first-order valence-electron chi connectivity index (χ1n) is 6.51. The fourth-order valence-electron chi connectivity index (χ4n) is 2.08. The Kier molecular flexibility index (Phi) is 3.37. The number of hydrogen-bond donors (Lipinski definition) is 1. The van der Waals surface area contributed by atoms with Crippen molar-refractivity contribution in [1.29, 1.82) is 0 Å². The van der Waals surface area contributed by atoms with E-state index in [2.05, 4.69) is 25.5 Å². The molecule has 0 spiro atoms. The minimum Gasteiger partial charge on any atom is -0.480 e. The van der Waals surface area contributed by atoms with Crippen LogP contribution in [-0.2, 0) is 18.4 Å². The van der Waals surface area contributed by atoms with Crippen LogP contribution in [0.4, 0.5) is 0 Å². The van der Waals surface area contributed by atoms with Crippen molar-refractivity contribution in [2.75, 3.05) is 0 Å². The van der Waals surface area contributed by atoms with E-state index in [0.717, 1.165) is 11.1 Å². The van der Waals surface area contributed by atoms with Gasteiger partial charge in [0.25, 0.3) is 0 Å². The first-order valence-corrected chi connectivity index (χ1v) is 6.51. The number of carboxylic acids is 1. The molecule has 0 aliphatic carbocycles. The summed E-state index contributed by atoms with van der Waals surface area (Å²) >= 11 is 0. The Morgan fingerprint density at radius 3 is 2.45 bits per heavy atom. The number of tetrazole rings is 1. The summed E-state index contributed by atoms with van der Waals surface area (Å²) in [4.78, 5) is 16.6. The van der Waals surface area contributed by atoms with Crippen LogP contribution < -0.4 is 0 Å². The second kappa shape index (κ2) is 5.35. The molecule has 0 aliphatic rings. The molecule has 9 heteroatoms. The Balaban J connectivity index is 1.94. The molecule has 0 amide bonds. The third-order valence-corrected chi connectivity index (χ3v) is 2.97. The van der Waals surface area contributed by atoms with E-state index < -0.39 is 5.97 Å². The number of nitrogens with zero attached hydrogens (tertiary/aromatic N) is 7. The molecule has 0 unspecified atom stereocenters. The highest BCUT2D eigenvalue weighted by atomic mass is 16.4. The molecular weight excluding hydrogens is 286 g/mol. The van der Waals surface area contributed by atoms with Gasteiger partial charge < -0.3 is 5.11 Å². The van der Waals surface area contributed by atoms with Gasteiger partial charge in [0.05, 0.1) is 7.05 Å². The standard InChI is InChI=1S/C13H13N7O2/c1-8-14-13(20(16-8)7-11(21)22)10-5-3-9(4-6-10)12-15-18-19(2)17-12/h3-6H,7H2,1-2H3,(H,21,22). The summed E-state index contributed by atoms with van der Waals surface area (Å²) in [6, 6.07) is 7.32. The van der Waals surface area contributed by atoms with Crippen molar-refractivity contribution in [1.82, 2.24) is 35.0 Å². The van der Waals surface area contributed by atoms with Crippen LogP contribution in [0.1, 0.15) is 5.82 Å². The molecule has 3 rings (SSSR count). The lowest BCUT2D eigenvalue weighted by molar-refractivity contribution is -0.137. The van der Waals surface area contributed by atoms with Gasteiger partial charge in [0.15, 0.2) is 5.82 Å².